The van der Waals surface area contributed by atoms with Crippen LogP contribution in [0.4, 0.5) is 5.00 Å². The minimum absolute atomic E-state index is 0.00912. The molecule has 0 radical (unpaired) electrons. The fourth-order valence-corrected chi connectivity index (χ4v) is 3.62. The molecule has 1 N–H and O–H groups in total. The van der Waals surface area contributed by atoms with Gasteiger partial charge < -0.3 is 9.84 Å². The Morgan fingerprint density at radius 1 is 1.40 bits per heavy atom. The first-order chi connectivity index (χ1) is 9.52. The molecule has 3 rings (SSSR count). The Hall–Kier alpha value is -1.73. The molecule has 2 atom stereocenters. The fourth-order valence-electron chi connectivity index (χ4n) is 2.52. The molecule has 2 unspecified atom stereocenters. The number of carboxylic acid groups (broad SMARTS) is 1. The monoisotopic (exact) mass is 295 g/mol. The van der Waals surface area contributed by atoms with Crippen LogP contribution >= 0.6 is 11.3 Å². The molecule has 6 nitrogen and oxygen atoms in total. The summed E-state index contributed by atoms with van der Waals surface area (Å²) < 4.78 is 5.32. The number of ether oxygens (including phenoxy) is 1. The van der Waals surface area contributed by atoms with E-state index >= 15 is 0 Å². The Kier molecular flexibility index (Phi) is 3.10. The van der Waals surface area contributed by atoms with Crippen molar-refractivity contribution in [3.05, 3.63) is 16.5 Å². The lowest BCUT2D eigenvalue weighted by molar-refractivity contribution is -0.146. The zero-order valence-corrected chi connectivity index (χ0v) is 11.6. The number of fused-ring (bicyclic) bond motifs is 2. The van der Waals surface area contributed by atoms with E-state index in [9.17, 15) is 19.5 Å². The molecule has 106 valence electrons. The summed E-state index contributed by atoms with van der Waals surface area (Å²) in [7, 11) is 0. The van der Waals surface area contributed by atoms with Crippen molar-refractivity contribution in [1.29, 1.82) is 0 Å². The molecule has 2 amide bonds. The first-order valence-corrected chi connectivity index (χ1v) is 7.23. The average molecular weight is 295 g/mol. The maximum absolute atomic E-state index is 12.3. The van der Waals surface area contributed by atoms with Gasteiger partial charge in [-0.05, 0) is 25.3 Å². The number of hydrogen-bond acceptors (Lipinski definition) is 5. The van der Waals surface area contributed by atoms with Crippen LogP contribution in [-0.4, -0.2) is 35.1 Å². The Balaban J connectivity index is 2.07. The normalized spacial score (nSPS) is 25.4. The van der Waals surface area contributed by atoms with Gasteiger partial charge in [0.05, 0.1) is 5.56 Å². The Labute approximate surface area is 118 Å². The van der Waals surface area contributed by atoms with E-state index in [1.165, 1.54) is 17.4 Å². The van der Waals surface area contributed by atoms with Crippen LogP contribution in [0.2, 0.25) is 0 Å². The summed E-state index contributed by atoms with van der Waals surface area (Å²) in [6.45, 7) is 1.90. The number of nitrogens with zero attached hydrogens (tertiary/aromatic N) is 1. The highest BCUT2D eigenvalue weighted by Gasteiger charge is 2.48. The number of carbonyl (C=O) groups excluding carboxylic acids is 2. The summed E-state index contributed by atoms with van der Waals surface area (Å²) in [6.07, 6.45) is 0.447. The van der Waals surface area contributed by atoms with E-state index < -0.39 is 30.0 Å². The molecular formula is C13H13NO5S. The van der Waals surface area contributed by atoms with Gasteiger partial charge >= 0.3 is 5.97 Å². The second-order valence-corrected chi connectivity index (χ2v) is 5.91. The van der Waals surface area contributed by atoms with Gasteiger partial charge in [-0.15, -0.1) is 11.3 Å². The lowest BCUT2D eigenvalue weighted by Gasteiger charge is -2.29. The molecular weight excluding hydrogens is 282 g/mol. The number of carboxylic acids is 1. The molecule has 2 aliphatic rings. The number of morpholine rings is 1. The number of imide groups is 1. The topological polar surface area (TPSA) is 83.9 Å². The molecule has 0 aliphatic carbocycles. The Morgan fingerprint density at radius 2 is 2.00 bits per heavy atom. The van der Waals surface area contributed by atoms with Crippen LogP contribution in [0.25, 0.3) is 0 Å². The second kappa shape index (κ2) is 4.68. The summed E-state index contributed by atoms with van der Waals surface area (Å²) in [4.78, 5) is 37.7. The van der Waals surface area contributed by atoms with Gasteiger partial charge in [0.15, 0.2) is 0 Å². The number of thiophene rings is 1. The number of amides is 2. The lowest BCUT2D eigenvalue weighted by atomic mass is 10.2. The largest absolute Gasteiger partial charge is 0.478 e. The summed E-state index contributed by atoms with van der Waals surface area (Å²) in [5, 5.41) is 9.46. The summed E-state index contributed by atoms with van der Waals surface area (Å²) in [5.74, 6) is -2.03. The summed E-state index contributed by atoms with van der Waals surface area (Å²) >= 11 is 1.18. The smallest absolute Gasteiger partial charge is 0.338 e. The molecule has 1 aromatic heterocycles. The minimum Gasteiger partial charge on any atom is -0.478 e. The van der Waals surface area contributed by atoms with Gasteiger partial charge in [-0.25, -0.2) is 9.69 Å². The van der Waals surface area contributed by atoms with Crippen LogP contribution in [0.1, 0.15) is 35.0 Å². The molecule has 0 spiro atoms. The van der Waals surface area contributed by atoms with Crippen molar-refractivity contribution in [2.45, 2.75) is 38.4 Å². The zero-order chi connectivity index (χ0) is 14.4. The van der Waals surface area contributed by atoms with Crippen molar-refractivity contribution >= 4 is 34.1 Å². The van der Waals surface area contributed by atoms with Gasteiger partial charge in [-0.2, -0.15) is 0 Å². The predicted octanol–water partition coefficient (Wildman–Crippen LogP) is 1.43. The van der Waals surface area contributed by atoms with Crippen LogP contribution in [0.15, 0.2) is 6.07 Å². The van der Waals surface area contributed by atoms with Crippen LogP contribution in [0.5, 0.6) is 0 Å². The minimum atomic E-state index is -1.13. The highest BCUT2D eigenvalue weighted by atomic mass is 32.1. The predicted molar refractivity (Wildman–Crippen MR) is 71.0 cm³/mol. The SMILES string of the molecule is CCc1cc(C(=O)O)c(N2C(=O)C3CCC(O3)C2=O)s1. The van der Waals surface area contributed by atoms with Gasteiger partial charge in [-0.3, -0.25) is 9.59 Å². The van der Waals surface area contributed by atoms with E-state index in [0.717, 1.165) is 9.78 Å². The number of hydrogen-bond donors (Lipinski definition) is 1. The molecule has 0 saturated carbocycles. The van der Waals surface area contributed by atoms with Gasteiger partial charge in [0.25, 0.3) is 11.8 Å². The van der Waals surface area contributed by atoms with E-state index in [4.69, 9.17) is 4.74 Å². The molecule has 7 heteroatoms. The first-order valence-electron chi connectivity index (χ1n) is 6.42. The number of aryl methyl sites for hydroxylation is 1. The maximum atomic E-state index is 12.3. The summed E-state index contributed by atoms with van der Waals surface area (Å²) in [6, 6.07) is 1.53. The molecule has 2 fully saturated rings. The quantitative estimate of drug-likeness (QED) is 0.853. The standard InChI is InChI=1S/C13H13NO5S/c1-2-6-5-7(13(17)18)12(20-6)14-10(15)8-3-4-9(19-8)11(14)16/h5,8-9H,2-4H2,1H3,(H,17,18). The third-order valence-electron chi connectivity index (χ3n) is 3.56. The molecule has 0 aromatic carbocycles. The van der Waals surface area contributed by atoms with E-state index in [2.05, 4.69) is 0 Å². The van der Waals surface area contributed by atoms with Crippen molar-refractivity contribution < 1.29 is 24.2 Å². The van der Waals surface area contributed by atoms with Crippen LogP contribution in [-0.2, 0) is 20.7 Å². The molecule has 20 heavy (non-hydrogen) atoms. The Bertz CT molecular complexity index is 586. The van der Waals surface area contributed by atoms with E-state index in [-0.39, 0.29) is 10.6 Å². The van der Waals surface area contributed by atoms with Crippen molar-refractivity contribution in [3.63, 3.8) is 0 Å². The Morgan fingerprint density at radius 3 is 2.50 bits per heavy atom. The molecule has 2 aliphatic heterocycles. The molecule has 2 saturated heterocycles. The van der Waals surface area contributed by atoms with Crippen molar-refractivity contribution in [1.82, 2.24) is 0 Å². The van der Waals surface area contributed by atoms with E-state index in [1.54, 1.807) is 0 Å². The van der Waals surface area contributed by atoms with Crippen molar-refractivity contribution in [2.24, 2.45) is 0 Å². The van der Waals surface area contributed by atoms with Gasteiger partial charge in [0, 0.05) is 4.88 Å². The van der Waals surface area contributed by atoms with Gasteiger partial charge in [0.2, 0.25) is 0 Å². The van der Waals surface area contributed by atoms with Crippen molar-refractivity contribution in [2.75, 3.05) is 4.90 Å². The van der Waals surface area contributed by atoms with Gasteiger partial charge in [0.1, 0.15) is 17.2 Å². The van der Waals surface area contributed by atoms with Crippen LogP contribution < -0.4 is 4.90 Å². The second-order valence-electron chi connectivity index (χ2n) is 4.79. The van der Waals surface area contributed by atoms with Gasteiger partial charge in [-0.1, -0.05) is 6.92 Å². The molecule has 1 aromatic rings. The number of anilines is 1. The van der Waals surface area contributed by atoms with E-state index in [1.807, 2.05) is 6.92 Å². The third-order valence-corrected chi connectivity index (χ3v) is 4.82. The lowest BCUT2D eigenvalue weighted by Crippen LogP contribution is -2.52. The molecule has 3 heterocycles. The number of carbonyl (C=O) groups is 3. The summed E-state index contributed by atoms with van der Waals surface area (Å²) in [5.41, 5.74) is 0.00912. The highest BCUT2D eigenvalue weighted by Crippen LogP contribution is 2.38. The zero-order valence-electron chi connectivity index (χ0n) is 10.8. The average Bonchev–Trinajstić information content (AvgIpc) is 3.02. The van der Waals surface area contributed by atoms with Crippen LogP contribution in [0, 0.1) is 0 Å². The third kappa shape index (κ3) is 1.85. The number of aromatic carboxylic acids is 1. The van der Waals surface area contributed by atoms with Crippen molar-refractivity contribution in [3.8, 4) is 0 Å². The maximum Gasteiger partial charge on any atom is 0.338 e. The number of rotatable bonds is 3. The molecule has 2 bridgehead atoms. The van der Waals surface area contributed by atoms with Crippen LogP contribution in [0.3, 0.4) is 0 Å². The highest BCUT2D eigenvalue weighted by molar-refractivity contribution is 7.17. The first kappa shape index (κ1) is 13.3. The fraction of sp³-hybridized carbons (Fsp3) is 0.462. The van der Waals surface area contributed by atoms with E-state index in [0.29, 0.717) is 19.3 Å².